The normalized spacial score (nSPS) is 16.8. The fourth-order valence-electron chi connectivity index (χ4n) is 14.2. The van der Waals surface area contributed by atoms with Gasteiger partial charge in [0.05, 0.1) is 108 Å². The number of likely N-dealkylation sites (N-methyl/N-ethyl adjacent to an activating group) is 3. The SMILES string of the molecule is CN1Cc2c(Cl)cc(Cl)cc2C(c2cccc(S(=O)(=O)CCCOCCOCCNC(=O)CCC(=O)CCCOCCOCCNS(=O)(=O)c3cccc(C4CN(C)Cc5c(Cl)cc(Cl)cc54)c3)c2)C1.CN1Cc2c(Cl)cc(Cl)cc2C(c2cccc(S(=O)(=O)NCCOCCOCCN)c2)C1.O=C(CCC(=O)ON1C(=O)CCC1=O)ON1C(=O)CCC1=O.[2H]CF. The van der Waals surface area contributed by atoms with Crippen molar-refractivity contribution in [3.05, 3.63) is 189 Å². The summed E-state index contributed by atoms with van der Waals surface area (Å²) in [5.41, 5.74) is 14.0. The number of hydrogen-bond acceptors (Lipinski definition) is 26. The number of amides is 5. The Morgan fingerprint density at radius 1 is 0.444 bits per heavy atom. The molecule has 5 heterocycles. The average molecular weight is 1930 g/mol. The number of halogens is 7. The second-order valence-electron chi connectivity index (χ2n) is 29.8. The van der Waals surface area contributed by atoms with Gasteiger partial charge in [-0.3, -0.25) is 33.2 Å². The molecular weight excluding hydrogens is 1830 g/mol. The van der Waals surface area contributed by atoms with E-state index in [1.807, 2.05) is 57.5 Å². The van der Waals surface area contributed by atoms with Gasteiger partial charge in [-0.1, -0.05) is 106 Å². The Labute approximate surface area is 765 Å². The molecule has 31 nitrogen and oxygen atoms in total. The van der Waals surface area contributed by atoms with E-state index in [0.717, 1.165) is 63.2 Å². The van der Waals surface area contributed by atoms with Crippen molar-refractivity contribution < 1.29 is 107 Å². The zero-order chi connectivity index (χ0) is 92.4. The molecule has 690 valence electrons. The summed E-state index contributed by atoms with van der Waals surface area (Å²) in [4.78, 5) is 108. The molecule has 41 heteroatoms. The third kappa shape index (κ3) is 32.4. The van der Waals surface area contributed by atoms with Crippen molar-refractivity contribution in [2.75, 3.05) is 159 Å². The van der Waals surface area contributed by atoms with Crippen LogP contribution in [0.4, 0.5) is 4.39 Å². The molecule has 6 aromatic rings. The monoisotopic (exact) mass is 1930 g/mol. The maximum Gasteiger partial charge on any atom is 0.333 e. The van der Waals surface area contributed by atoms with Crippen LogP contribution in [0, 0.1) is 0 Å². The fourth-order valence-corrected chi connectivity index (χ4v) is 19.4. The minimum absolute atomic E-state index is 0.0344. The molecule has 0 aromatic heterocycles. The van der Waals surface area contributed by atoms with Gasteiger partial charge in [0.2, 0.25) is 26.0 Å². The largest absolute Gasteiger partial charge is 0.379 e. The molecule has 0 radical (unpaired) electrons. The number of sulfonamides is 2. The van der Waals surface area contributed by atoms with Gasteiger partial charge in [-0.2, -0.15) is 0 Å². The fraction of sp³-hybridized carbons (Fsp3) is 0.482. The van der Waals surface area contributed by atoms with Crippen molar-refractivity contribution in [1.82, 2.24) is 39.6 Å². The molecule has 2 saturated heterocycles. The van der Waals surface area contributed by atoms with Crippen LogP contribution in [0.2, 0.25) is 30.1 Å². The number of nitrogens with two attached hydrogens (primary N) is 1. The van der Waals surface area contributed by atoms with Crippen LogP contribution in [-0.2, 0) is 126 Å². The van der Waals surface area contributed by atoms with Gasteiger partial charge in [-0.25, -0.2) is 44.3 Å². The Bertz CT molecular complexity index is 4880. The molecule has 0 bridgehead atoms. The first-order chi connectivity index (χ1) is 60.6. The van der Waals surface area contributed by atoms with Crippen molar-refractivity contribution >= 4 is 147 Å². The lowest BCUT2D eigenvalue weighted by atomic mass is 9.85. The summed E-state index contributed by atoms with van der Waals surface area (Å²) in [6.07, 6.45) is 0.235. The predicted octanol–water partition coefficient (Wildman–Crippen LogP) is 10.3. The van der Waals surface area contributed by atoms with Gasteiger partial charge >= 0.3 is 11.9 Å². The summed E-state index contributed by atoms with van der Waals surface area (Å²) in [6.45, 7) is 8.88. The Hall–Kier alpha value is -7.28. The highest BCUT2D eigenvalue weighted by Crippen LogP contribution is 2.43. The molecule has 0 aliphatic carbocycles. The molecular formula is C85H106Cl6FN9O22S3. The summed E-state index contributed by atoms with van der Waals surface area (Å²) in [7, 11) is -5.99. The van der Waals surface area contributed by atoms with E-state index in [2.05, 4.69) is 39.1 Å². The summed E-state index contributed by atoms with van der Waals surface area (Å²) in [6, 6.07) is 31.9. The number of hydroxylamine groups is 4. The highest BCUT2D eigenvalue weighted by atomic mass is 35.5. The van der Waals surface area contributed by atoms with Crippen molar-refractivity contribution in [3.8, 4) is 0 Å². The van der Waals surface area contributed by atoms with E-state index in [9.17, 15) is 68.0 Å². The number of ketones is 1. The number of nitrogens with one attached hydrogen (secondary N) is 3. The van der Waals surface area contributed by atoms with E-state index in [1.54, 1.807) is 72.8 Å². The molecule has 5 N–H and O–H groups in total. The summed E-state index contributed by atoms with van der Waals surface area (Å²) >= 11 is 38.4. The van der Waals surface area contributed by atoms with Crippen LogP contribution in [0.3, 0.4) is 0 Å². The standard InChI is InChI=1S/C50H62Cl4N4O10S2.C22H29Cl2N3O4S.C12H12N2O8.CH3F/c1-57-31-44(42-27-37(51)29-48(53)46(42)33-57)35-7-3-10-40(25-35)69(61,62)24-6-17-66-21-22-67-18-14-55-50(60)13-12-39(59)9-5-16-65-20-23-68-19-15-56-70(63,64)41-11-4-8-36(26-41)45-32-58(2)34-47-43(45)28-38(52)30-49(47)54;1-27-14-20(19-12-17(23)13-22(24)21(19)15-27)16-3-2-4-18(11-16)32(28,29)26-6-8-31-10-9-30-7-5-25;15-7-1-2-8(16)13(7)21-11(19)5-6-12(20)22-14-9(17)3-4-10(14)18;1-2/h3-4,7-8,10-11,25-30,44-45,56H,5-6,9,12-24,31-34H2,1-2H3,(H,55,60);2-4,11-13,20,26H,5-10,14-15,25H2,1H3;1-6H2;1H3/i;;;1D. The zero-order valence-corrected chi connectivity index (χ0v) is 77.0. The highest BCUT2D eigenvalue weighted by molar-refractivity contribution is 7.91. The molecule has 2 fully saturated rings. The highest BCUT2D eigenvalue weighted by Gasteiger charge is 2.37. The predicted molar refractivity (Wildman–Crippen MR) is 471 cm³/mol. The number of carbonyl (C=O) groups excluding carboxylic acids is 8. The summed E-state index contributed by atoms with van der Waals surface area (Å²) in [5, 5.41) is 6.95. The molecule has 5 aliphatic rings. The van der Waals surface area contributed by atoms with E-state index >= 15 is 0 Å². The van der Waals surface area contributed by atoms with Crippen molar-refractivity contribution in [1.29, 1.82) is 0 Å². The Morgan fingerprint density at radius 2 is 0.786 bits per heavy atom. The summed E-state index contributed by atoms with van der Waals surface area (Å²) < 4.78 is 132. The lowest BCUT2D eigenvalue weighted by Gasteiger charge is -2.33. The molecule has 126 heavy (non-hydrogen) atoms. The second kappa shape index (κ2) is 51.9. The molecule has 3 atom stereocenters. The van der Waals surface area contributed by atoms with Crippen molar-refractivity contribution in [3.63, 3.8) is 0 Å². The molecule has 0 spiro atoms. The lowest BCUT2D eigenvalue weighted by molar-refractivity contribution is -0.201. The maximum absolute atomic E-state index is 13.2. The van der Waals surface area contributed by atoms with E-state index in [1.165, 1.54) is 0 Å². The van der Waals surface area contributed by atoms with Gasteiger partial charge < -0.3 is 63.8 Å². The van der Waals surface area contributed by atoms with E-state index < -0.39 is 85.4 Å². The van der Waals surface area contributed by atoms with Crippen LogP contribution in [0.5, 0.6) is 0 Å². The minimum Gasteiger partial charge on any atom is -0.379 e. The van der Waals surface area contributed by atoms with Crippen molar-refractivity contribution in [2.24, 2.45) is 5.73 Å². The Balaban J connectivity index is 0.000000284. The average Bonchev–Trinajstić information content (AvgIpc) is 1.65. The topological polar surface area (TPSA) is 391 Å². The number of rotatable bonds is 44. The van der Waals surface area contributed by atoms with Crippen LogP contribution in [0.25, 0.3) is 0 Å². The molecule has 0 saturated carbocycles. The number of carbonyl (C=O) groups is 8. The van der Waals surface area contributed by atoms with E-state index in [4.69, 9.17) is 105 Å². The third-order valence-corrected chi connectivity index (χ3v) is 26.7. The van der Waals surface area contributed by atoms with E-state index in [-0.39, 0.29) is 167 Å². The molecule has 3 unspecified atom stereocenters. The first-order valence-electron chi connectivity index (χ1n) is 41.3. The van der Waals surface area contributed by atoms with Gasteiger partial charge in [0.1, 0.15) is 5.78 Å². The third-order valence-electron chi connectivity index (χ3n) is 20.3. The van der Waals surface area contributed by atoms with E-state index in [0.29, 0.717) is 112 Å². The lowest BCUT2D eigenvalue weighted by Crippen LogP contribution is -2.33. The molecule has 11 rings (SSSR count). The number of hydrogen-bond donors (Lipinski definition) is 4. The number of alkyl halides is 1. The van der Waals surface area contributed by atoms with Gasteiger partial charge in [0.15, 0.2) is 9.84 Å². The van der Waals surface area contributed by atoms with Crippen LogP contribution < -0.4 is 20.5 Å². The number of nitrogens with zero attached hydrogens (tertiary/aromatic N) is 5. The molecule has 6 aromatic carbocycles. The minimum atomic E-state index is -3.79. The smallest absolute Gasteiger partial charge is 0.333 e. The van der Waals surface area contributed by atoms with Crippen LogP contribution >= 0.6 is 69.6 Å². The quantitative estimate of drug-likeness (QED) is 0.0204. The van der Waals surface area contributed by atoms with Gasteiger partial charge in [0.25, 0.3) is 23.6 Å². The van der Waals surface area contributed by atoms with Crippen LogP contribution in [0.15, 0.2) is 124 Å². The van der Waals surface area contributed by atoms with Crippen LogP contribution in [0.1, 0.15) is 140 Å². The van der Waals surface area contributed by atoms with Gasteiger partial charge in [0, 0.05) is 171 Å². The number of sulfone groups is 1. The Kier molecular flexibility index (Phi) is 42.2. The van der Waals surface area contributed by atoms with Gasteiger partial charge in [-0.15, -0.1) is 10.1 Å². The first kappa shape index (κ1) is 102. The number of ether oxygens (including phenoxy) is 6. The second-order valence-corrected chi connectivity index (χ2v) is 38.0. The summed E-state index contributed by atoms with van der Waals surface area (Å²) in [5.74, 6) is -5.01. The molecule has 5 aliphatic heterocycles. The first-order valence-corrected chi connectivity index (χ1v) is 47.4. The zero-order valence-electron chi connectivity index (χ0n) is 71.0. The maximum atomic E-state index is 13.2. The van der Waals surface area contributed by atoms with Crippen molar-refractivity contribution in [2.45, 2.75) is 123 Å². The number of fused-ring (bicyclic) bond motifs is 3. The number of Topliss-reactive ketones (excluding diaryl/α,β-unsaturated/α-hetero) is 1. The number of imide groups is 2. The number of benzene rings is 6. The van der Waals surface area contributed by atoms with Gasteiger partial charge in [-0.05, 0) is 157 Å². The Morgan fingerprint density at radius 3 is 1.17 bits per heavy atom. The molecule has 5 amide bonds. The van der Waals surface area contributed by atoms with Crippen LogP contribution in [-0.4, -0.2) is 256 Å².